The second-order valence-corrected chi connectivity index (χ2v) is 7.55. The molecule has 36 heavy (non-hydrogen) atoms. The van der Waals surface area contributed by atoms with Crippen molar-refractivity contribution in [1.82, 2.24) is 15.7 Å². The van der Waals surface area contributed by atoms with Gasteiger partial charge in [0.25, 0.3) is 11.8 Å². The van der Waals surface area contributed by atoms with Gasteiger partial charge in [0.2, 0.25) is 0 Å². The van der Waals surface area contributed by atoms with E-state index in [9.17, 15) is 14.4 Å². The van der Waals surface area contributed by atoms with Gasteiger partial charge >= 0.3 is 6.03 Å². The summed E-state index contributed by atoms with van der Waals surface area (Å²) in [6, 6.07) is 24.0. The van der Waals surface area contributed by atoms with Crippen LogP contribution in [0.3, 0.4) is 0 Å². The van der Waals surface area contributed by atoms with Crippen LogP contribution >= 0.6 is 0 Å². The first-order valence-corrected chi connectivity index (χ1v) is 10.9. The number of nitrogens with zero attached hydrogens (tertiary/aromatic N) is 3. The molecule has 0 fully saturated rings. The van der Waals surface area contributed by atoms with Crippen molar-refractivity contribution in [3.05, 3.63) is 108 Å². The zero-order chi connectivity index (χ0) is 25.8. The molecule has 0 spiro atoms. The minimum Gasteiger partial charge on any atom is -0.313 e. The van der Waals surface area contributed by atoms with Crippen molar-refractivity contribution in [2.24, 2.45) is 9.98 Å². The van der Waals surface area contributed by atoms with Gasteiger partial charge in [0.05, 0.1) is 12.2 Å². The SMILES string of the molecule is C=NC(CN(Cc1ccc(/C=C/C(=O)NO)cc1)C(=O)NC(=O)c1ccccc1)=Nc1ccccc1. The Kier molecular flexibility index (Phi) is 9.37. The van der Waals surface area contributed by atoms with E-state index < -0.39 is 17.8 Å². The highest BCUT2D eigenvalue weighted by Crippen LogP contribution is 2.13. The maximum absolute atomic E-state index is 13.1. The van der Waals surface area contributed by atoms with E-state index >= 15 is 0 Å². The minimum absolute atomic E-state index is 0.00459. The number of hydrogen-bond acceptors (Lipinski definition) is 5. The number of aliphatic imine (C=N–C) groups is 2. The van der Waals surface area contributed by atoms with E-state index in [-0.39, 0.29) is 13.1 Å². The lowest BCUT2D eigenvalue weighted by atomic mass is 10.1. The molecular weight excluding hydrogens is 458 g/mol. The molecule has 182 valence electrons. The van der Waals surface area contributed by atoms with Crippen LogP contribution in [0, 0.1) is 0 Å². The highest BCUT2D eigenvalue weighted by atomic mass is 16.5. The molecule has 0 unspecified atom stereocenters. The number of carbonyl (C=O) groups excluding carboxylic acids is 3. The van der Waals surface area contributed by atoms with Gasteiger partial charge in [-0.1, -0.05) is 60.7 Å². The first-order valence-electron chi connectivity index (χ1n) is 10.9. The Morgan fingerprint density at radius 1 is 0.917 bits per heavy atom. The van der Waals surface area contributed by atoms with E-state index in [4.69, 9.17) is 5.21 Å². The lowest BCUT2D eigenvalue weighted by Gasteiger charge is -2.22. The number of hydrogen-bond donors (Lipinski definition) is 3. The third kappa shape index (κ3) is 7.86. The third-order valence-electron chi connectivity index (χ3n) is 4.96. The van der Waals surface area contributed by atoms with Crippen molar-refractivity contribution in [2.75, 3.05) is 6.54 Å². The topological polar surface area (TPSA) is 123 Å². The molecule has 0 bridgehead atoms. The number of urea groups is 1. The van der Waals surface area contributed by atoms with Crippen molar-refractivity contribution >= 4 is 42.2 Å². The summed E-state index contributed by atoms with van der Waals surface area (Å²) in [5.74, 6) is -0.869. The molecule has 9 nitrogen and oxygen atoms in total. The van der Waals surface area contributed by atoms with Gasteiger partial charge in [-0.25, -0.2) is 20.3 Å². The molecule has 0 aliphatic heterocycles. The summed E-state index contributed by atoms with van der Waals surface area (Å²) >= 11 is 0. The molecule has 0 saturated carbocycles. The van der Waals surface area contributed by atoms with Gasteiger partial charge in [0.15, 0.2) is 0 Å². The van der Waals surface area contributed by atoms with E-state index in [1.54, 1.807) is 66.7 Å². The van der Waals surface area contributed by atoms with Gasteiger partial charge in [0, 0.05) is 18.2 Å². The molecule has 0 heterocycles. The predicted molar refractivity (Wildman–Crippen MR) is 138 cm³/mol. The lowest BCUT2D eigenvalue weighted by molar-refractivity contribution is -0.124. The maximum Gasteiger partial charge on any atom is 0.325 e. The monoisotopic (exact) mass is 483 g/mol. The molecular formula is C27H25N5O4. The van der Waals surface area contributed by atoms with Crippen LogP contribution < -0.4 is 10.8 Å². The number of benzene rings is 3. The van der Waals surface area contributed by atoms with Crippen LogP contribution in [0.5, 0.6) is 0 Å². The fraction of sp³-hybridized carbons (Fsp3) is 0.0741. The van der Waals surface area contributed by atoms with Crippen LogP contribution in [0.15, 0.2) is 101 Å². The molecule has 0 saturated heterocycles. The lowest BCUT2D eigenvalue weighted by Crippen LogP contribution is -2.44. The summed E-state index contributed by atoms with van der Waals surface area (Å²) in [7, 11) is 0. The van der Waals surface area contributed by atoms with Crippen molar-refractivity contribution in [2.45, 2.75) is 6.54 Å². The number of imide groups is 1. The van der Waals surface area contributed by atoms with Gasteiger partial charge in [-0.15, -0.1) is 0 Å². The molecule has 9 heteroatoms. The number of nitrogens with one attached hydrogen (secondary N) is 2. The Hall–Kier alpha value is -4.89. The van der Waals surface area contributed by atoms with Crippen molar-refractivity contribution in [3.63, 3.8) is 0 Å². The van der Waals surface area contributed by atoms with E-state index in [1.807, 2.05) is 18.2 Å². The normalized spacial score (nSPS) is 11.1. The Morgan fingerprint density at radius 3 is 2.17 bits per heavy atom. The summed E-state index contributed by atoms with van der Waals surface area (Å²) in [6.45, 7) is 3.73. The van der Waals surface area contributed by atoms with Gasteiger partial charge < -0.3 is 4.90 Å². The average Bonchev–Trinajstić information content (AvgIpc) is 2.92. The fourth-order valence-electron chi connectivity index (χ4n) is 3.14. The molecule has 0 radical (unpaired) electrons. The molecule has 4 amide bonds. The molecule has 0 aliphatic rings. The minimum atomic E-state index is -0.646. The standard InChI is InChI=1S/C27H25N5O4/c1-28-24(29-23-10-6-3-7-11-23)19-32(27(35)30-26(34)22-8-4-2-5-9-22)18-21-14-12-20(13-15-21)16-17-25(33)31-36/h2-17,36H,1,18-19H2,(H,31,33)(H,30,34,35)/b17-16+,29-24?. The molecule has 3 N–H and O–H groups in total. The van der Waals surface area contributed by atoms with Gasteiger partial charge in [-0.3, -0.25) is 20.1 Å². The number of para-hydroxylation sites is 1. The van der Waals surface area contributed by atoms with Gasteiger partial charge in [-0.2, -0.15) is 0 Å². The van der Waals surface area contributed by atoms with E-state index in [1.165, 1.54) is 22.5 Å². The smallest absolute Gasteiger partial charge is 0.313 e. The largest absolute Gasteiger partial charge is 0.325 e. The van der Waals surface area contributed by atoms with Gasteiger partial charge in [-0.05, 0) is 48.2 Å². The summed E-state index contributed by atoms with van der Waals surface area (Å²) in [6.07, 6.45) is 2.72. The average molecular weight is 484 g/mol. The van der Waals surface area contributed by atoms with Crippen molar-refractivity contribution in [3.8, 4) is 0 Å². The zero-order valence-electron chi connectivity index (χ0n) is 19.4. The molecule has 3 aromatic rings. The number of amides is 4. The number of carbonyl (C=O) groups is 3. The quantitative estimate of drug-likeness (QED) is 0.147. The fourth-order valence-corrected chi connectivity index (χ4v) is 3.14. The number of amidine groups is 1. The maximum atomic E-state index is 13.1. The van der Waals surface area contributed by atoms with E-state index in [2.05, 4.69) is 22.0 Å². The number of hydroxylamine groups is 1. The summed E-state index contributed by atoms with van der Waals surface area (Å²) in [5.41, 5.74) is 4.02. The second kappa shape index (κ2) is 13.1. The van der Waals surface area contributed by atoms with Crippen LogP contribution in [0.25, 0.3) is 6.08 Å². The molecule has 0 aromatic heterocycles. The van der Waals surface area contributed by atoms with E-state index in [0.29, 0.717) is 17.1 Å². The third-order valence-corrected chi connectivity index (χ3v) is 4.96. The predicted octanol–water partition coefficient (Wildman–Crippen LogP) is 3.99. The van der Waals surface area contributed by atoms with Crippen LogP contribution in [0.1, 0.15) is 21.5 Å². The summed E-state index contributed by atoms with van der Waals surface area (Å²) < 4.78 is 0. The Bertz CT molecular complexity index is 1260. The first kappa shape index (κ1) is 25.7. The molecule has 3 aromatic carbocycles. The highest BCUT2D eigenvalue weighted by Gasteiger charge is 2.19. The first-order chi connectivity index (χ1) is 17.5. The van der Waals surface area contributed by atoms with Crippen LogP contribution in [-0.2, 0) is 11.3 Å². The zero-order valence-corrected chi connectivity index (χ0v) is 19.4. The van der Waals surface area contributed by atoms with Crippen LogP contribution in [0.2, 0.25) is 0 Å². The Morgan fingerprint density at radius 2 is 1.56 bits per heavy atom. The van der Waals surface area contributed by atoms with E-state index in [0.717, 1.165) is 11.1 Å². The summed E-state index contributed by atoms with van der Waals surface area (Å²) in [5, 5.41) is 11.0. The Labute approximate surface area is 208 Å². The van der Waals surface area contributed by atoms with Crippen molar-refractivity contribution in [1.29, 1.82) is 0 Å². The van der Waals surface area contributed by atoms with Crippen molar-refractivity contribution < 1.29 is 19.6 Å². The second-order valence-electron chi connectivity index (χ2n) is 7.55. The highest BCUT2D eigenvalue weighted by molar-refractivity contribution is 6.05. The molecule has 0 aliphatic carbocycles. The molecule has 3 rings (SSSR count). The van der Waals surface area contributed by atoms with Crippen LogP contribution in [-0.4, -0.2) is 47.1 Å². The Balaban J connectivity index is 1.81. The molecule has 0 atom stereocenters. The van der Waals surface area contributed by atoms with Gasteiger partial charge in [0.1, 0.15) is 5.84 Å². The van der Waals surface area contributed by atoms with Crippen LogP contribution in [0.4, 0.5) is 10.5 Å². The number of rotatable bonds is 8. The summed E-state index contributed by atoms with van der Waals surface area (Å²) in [4.78, 5) is 46.7.